The van der Waals surface area contributed by atoms with Crippen LogP contribution in [-0.4, -0.2) is 48.9 Å². The molecule has 0 aromatic rings. The average Bonchev–Trinajstić information content (AvgIpc) is 3.02. The van der Waals surface area contributed by atoms with Crippen LogP contribution in [0.2, 0.25) is 0 Å². The first-order valence-corrected chi connectivity index (χ1v) is 7.60. The van der Waals surface area contributed by atoms with Gasteiger partial charge in [0.05, 0.1) is 25.4 Å². The van der Waals surface area contributed by atoms with Gasteiger partial charge in [0, 0.05) is 5.92 Å². The lowest BCUT2D eigenvalue weighted by Crippen LogP contribution is -2.43. The molecule has 21 heavy (non-hydrogen) atoms. The number of ketones is 1. The molecule has 0 radical (unpaired) electrons. The molecule has 1 saturated carbocycles. The molecule has 1 aliphatic rings. The Balaban J connectivity index is 2.11. The molecule has 1 fully saturated rings. The van der Waals surface area contributed by atoms with Crippen molar-refractivity contribution in [3.63, 3.8) is 0 Å². The Morgan fingerprint density at radius 1 is 0.810 bits per heavy atom. The third-order valence-electron chi connectivity index (χ3n) is 3.31. The first kappa shape index (κ1) is 17.5. The summed E-state index contributed by atoms with van der Waals surface area (Å²) >= 11 is 3.75. The second kappa shape index (κ2) is 9.38. The number of Topliss-reactive ketones (excluding diaryl/α,β-unsaturated/α-hetero) is 1. The second-order valence-electron chi connectivity index (χ2n) is 4.94. The maximum absolute atomic E-state index is 11.7. The van der Waals surface area contributed by atoms with Crippen molar-refractivity contribution in [3.05, 3.63) is 0 Å². The lowest BCUT2D eigenvalue weighted by molar-refractivity contribution is -0.128. The maximum atomic E-state index is 11.7. The Morgan fingerprint density at radius 2 is 1.29 bits per heavy atom. The lowest BCUT2D eigenvalue weighted by atomic mass is 10.0. The zero-order chi connectivity index (χ0) is 15.7. The average molecular weight is 315 g/mol. The van der Waals surface area contributed by atoms with Crippen LogP contribution in [0.1, 0.15) is 25.7 Å². The van der Waals surface area contributed by atoms with Crippen LogP contribution in [-0.2, 0) is 19.2 Å². The molecular weight excluding hydrogens is 294 g/mol. The summed E-state index contributed by atoms with van der Waals surface area (Å²) in [6.07, 6.45) is 3.93. The predicted molar refractivity (Wildman–Crippen MR) is 79.8 cm³/mol. The molecule has 0 spiro atoms. The molecule has 0 aliphatic heterocycles. The van der Waals surface area contributed by atoms with Gasteiger partial charge in [-0.15, -0.1) is 0 Å². The molecule has 7 nitrogen and oxygen atoms in total. The minimum absolute atomic E-state index is 0.00293. The molecular formula is C13H21N3O4S. The van der Waals surface area contributed by atoms with Crippen LogP contribution in [0, 0.1) is 5.92 Å². The summed E-state index contributed by atoms with van der Waals surface area (Å²) in [6, 6.07) is 0. The van der Waals surface area contributed by atoms with Crippen molar-refractivity contribution in [1.29, 1.82) is 0 Å². The van der Waals surface area contributed by atoms with Gasteiger partial charge >= 0.3 is 0 Å². The summed E-state index contributed by atoms with van der Waals surface area (Å²) in [5, 5.41) is 7.17. The molecule has 0 atom stereocenters. The molecule has 0 unspecified atom stereocenters. The third kappa shape index (κ3) is 7.12. The smallest absolute Gasteiger partial charge is 0.239 e. The molecule has 0 aromatic heterocycles. The van der Waals surface area contributed by atoms with E-state index in [0.717, 1.165) is 25.7 Å². The predicted octanol–water partition coefficient (Wildman–Crippen LogP) is -0.976. The number of carbonyl (C=O) groups is 4. The monoisotopic (exact) mass is 315 g/mol. The highest BCUT2D eigenvalue weighted by molar-refractivity contribution is 7.81. The van der Waals surface area contributed by atoms with Gasteiger partial charge in [0.25, 0.3) is 0 Å². The van der Waals surface area contributed by atoms with Crippen LogP contribution in [0.4, 0.5) is 0 Å². The van der Waals surface area contributed by atoms with Crippen molar-refractivity contribution < 1.29 is 19.2 Å². The zero-order valence-electron chi connectivity index (χ0n) is 11.8. The molecule has 118 valence electrons. The normalized spacial score (nSPS) is 14.5. The van der Waals surface area contributed by atoms with Gasteiger partial charge in [-0.3, -0.25) is 19.2 Å². The Bertz CT molecular complexity index is 408. The molecule has 1 aliphatic carbocycles. The van der Waals surface area contributed by atoms with Gasteiger partial charge in [-0.2, -0.15) is 12.6 Å². The highest BCUT2D eigenvalue weighted by atomic mass is 32.1. The van der Waals surface area contributed by atoms with Crippen LogP contribution < -0.4 is 16.0 Å². The third-order valence-corrected chi connectivity index (χ3v) is 3.59. The summed E-state index contributed by atoms with van der Waals surface area (Å²) in [6.45, 7) is -0.406. The van der Waals surface area contributed by atoms with Crippen LogP contribution >= 0.6 is 12.6 Å². The Morgan fingerprint density at radius 3 is 1.81 bits per heavy atom. The minimum atomic E-state index is -0.470. The molecule has 3 N–H and O–H groups in total. The molecule has 3 amide bonds. The van der Waals surface area contributed by atoms with Crippen molar-refractivity contribution in [3.8, 4) is 0 Å². The minimum Gasteiger partial charge on any atom is -0.347 e. The second-order valence-corrected chi connectivity index (χ2v) is 5.25. The molecule has 0 saturated heterocycles. The van der Waals surface area contributed by atoms with Gasteiger partial charge < -0.3 is 16.0 Å². The highest BCUT2D eigenvalue weighted by Gasteiger charge is 2.22. The summed E-state index contributed by atoms with van der Waals surface area (Å²) in [7, 11) is 0. The SMILES string of the molecule is O=C(CS)NCC(=O)NCC(=O)NCC(=O)C1CCCC1. The van der Waals surface area contributed by atoms with E-state index < -0.39 is 11.8 Å². The van der Waals surface area contributed by atoms with E-state index in [1.165, 1.54) is 0 Å². The van der Waals surface area contributed by atoms with Crippen molar-refractivity contribution >= 4 is 36.1 Å². The van der Waals surface area contributed by atoms with E-state index in [9.17, 15) is 19.2 Å². The van der Waals surface area contributed by atoms with Crippen LogP contribution in [0.3, 0.4) is 0 Å². The number of nitrogens with one attached hydrogen (secondary N) is 3. The van der Waals surface area contributed by atoms with E-state index in [1.807, 2.05) is 0 Å². The van der Waals surface area contributed by atoms with E-state index in [2.05, 4.69) is 28.6 Å². The Hall–Kier alpha value is -1.57. The number of amides is 3. The number of thiol groups is 1. The Kier molecular flexibility index (Phi) is 7.81. The van der Waals surface area contributed by atoms with E-state index in [0.29, 0.717) is 0 Å². The molecule has 0 heterocycles. The van der Waals surface area contributed by atoms with Crippen LogP contribution in [0.15, 0.2) is 0 Å². The van der Waals surface area contributed by atoms with Crippen LogP contribution in [0.5, 0.6) is 0 Å². The van der Waals surface area contributed by atoms with Gasteiger partial charge in [0.15, 0.2) is 5.78 Å². The maximum Gasteiger partial charge on any atom is 0.239 e. The molecule has 0 aromatic carbocycles. The fourth-order valence-corrected chi connectivity index (χ4v) is 2.23. The summed E-state index contributed by atoms with van der Waals surface area (Å²) in [5.41, 5.74) is 0. The van der Waals surface area contributed by atoms with Gasteiger partial charge in [-0.05, 0) is 12.8 Å². The summed E-state index contributed by atoms with van der Waals surface area (Å²) in [4.78, 5) is 45.4. The van der Waals surface area contributed by atoms with E-state index in [1.54, 1.807) is 0 Å². The van der Waals surface area contributed by atoms with E-state index in [-0.39, 0.29) is 43.0 Å². The first-order valence-electron chi connectivity index (χ1n) is 6.96. The number of hydrogen-bond donors (Lipinski definition) is 4. The molecule has 0 bridgehead atoms. The topological polar surface area (TPSA) is 104 Å². The number of carbonyl (C=O) groups excluding carboxylic acids is 4. The molecule has 8 heteroatoms. The van der Waals surface area contributed by atoms with Gasteiger partial charge in [0.2, 0.25) is 17.7 Å². The fraction of sp³-hybridized carbons (Fsp3) is 0.692. The van der Waals surface area contributed by atoms with Crippen LogP contribution in [0.25, 0.3) is 0 Å². The van der Waals surface area contributed by atoms with Gasteiger partial charge in [-0.25, -0.2) is 0 Å². The van der Waals surface area contributed by atoms with Gasteiger partial charge in [-0.1, -0.05) is 12.8 Å². The van der Waals surface area contributed by atoms with Crippen molar-refractivity contribution in [2.24, 2.45) is 5.92 Å². The lowest BCUT2D eigenvalue weighted by Gasteiger charge is -2.10. The number of hydrogen-bond acceptors (Lipinski definition) is 5. The van der Waals surface area contributed by atoms with Gasteiger partial charge in [0.1, 0.15) is 0 Å². The number of rotatable bonds is 8. The highest BCUT2D eigenvalue weighted by Crippen LogP contribution is 2.24. The standard InChI is InChI=1S/C13H21N3O4S/c17-10(9-3-1-2-4-9)5-14-11(18)6-15-12(19)7-16-13(20)8-21/h9,21H,1-8H2,(H,14,18)(H,15,19)(H,16,20). The van der Waals surface area contributed by atoms with E-state index in [4.69, 9.17) is 0 Å². The summed E-state index contributed by atoms with van der Waals surface area (Å²) in [5.74, 6) is -1.14. The van der Waals surface area contributed by atoms with Crippen molar-refractivity contribution in [1.82, 2.24) is 16.0 Å². The Labute approximate surface area is 129 Å². The largest absolute Gasteiger partial charge is 0.347 e. The van der Waals surface area contributed by atoms with Crippen molar-refractivity contribution in [2.45, 2.75) is 25.7 Å². The summed E-state index contributed by atoms with van der Waals surface area (Å²) < 4.78 is 0. The van der Waals surface area contributed by atoms with Crippen molar-refractivity contribution in [2.75, 3.05) is 25.4 Å². The molecule has 1 rings (SSSR count). The fourth-order valence-electron chi connectivity index (χ4n) is 2.12. The zero-order valence-corrected chi connectivity index (χ0v) is 12.7. The quantitative estimate of drug-likeness (QED) is 0.432. The first-order chi connectivity index (χ1) is 10.0. The van der Waals surface area contributed by atoms with E-state index >= 15 is 0 Å².